The number of benzene rings is 4. The van der Waals surface area contributed by atoms with Crippen LogP contribution in [0, 0.1) is 7.14 Å². The summed E-state index contributed by atoms with van der Waals surface area (Å²) < 4.78 is 13.5. The molecule has 4 aromatic carbocycles. The molecule has 1 aliphatic rings. The topological polar surface area (TPSA) is 47.9 Å². The summed E-state index contributed by atoms with van der Waals surface area (Å²) in [5.74, 6) is 0.715. The quantitative estimate of drug-likeness (QED) is 0.114. The molecule has 0 fully saturated rings. The average Bonchev–Trinajstić information content (AvgIpc) is 3.27. The van der Waals surface area contributed by atoms with Crippen LogP contribution >= 0.6 is 45.2 Å². The van der Waals surface area contributed by atoms with Gasteiger partial charge in [-0.05, 0) is 97.8 Å². The smallest absolute Gasteiger partial charge is 0.363 e. The Morgan fingerprint density at radius 2 is 1.36 bits per heavy atom. The third-order valence-electron chi connectivity index (χ3n) is 5.66. The third-order valence-corrected chi connectivity index (χ3v) is 7.27. The second-order valence-corrected chi connectivity index (χ2v) is 10.5. The number of halogens is 2. The first-order chi connectivity index (χ1) is 17.6. The lowest BCUT2D eigenvalue weighted by molar-refractivity contribution is -0.129. The number of hydrogen-bond donors (Lipinski definition) is 0. The van der Waals surface area contributed by atoms with E-state index in [0.717, 1.165) is 41.6 Å². The standard InChI is InChI=1S/C30H21I2NO3/c31-25-17-21(18-26(32)28(25)35-16-15-20-7-3-1-4-8-20)19-27-30(34)36-29(33-27)24-13-11-23(12-14-24)22-9-5-2-6-10-22/h1-14,17-19H,15-16H2/b27-19-. The molecule has 0 aromatic heterocycles. The largest absolute Gasteiger partial charge is 0.491 e. The summed E-state index contributed by atoms with van der Waals surface area (Å²) in [6, 6.07) is 32.2. The van der Waals surface area contributed by atoms with Crippen molar-refractivity contribution in [2.45, 2.75) is 6.42 Å². The predicted molar refractivity (Wildman–Crippen MR) is 160 cm³/mol. The average molecular weight is 697 g/mol. The number of esters is 1. The highest BCUT2D eigenvalue weighted by atomic mass is 127. The van der Waals surface area contributed by atoms with E-state index in [-0.39, 0.29) is 5.70 Å². The van der Waals surface area contributed by atoms with Gasteiger partial charge < -0.3 is 9.47 Å². The van der Waals surface area contributed by atoms with Crippen LogP contribution in [-0.2, 0) is 16.0 Å². The van der Waals surface area contributed by atoms with Gasteiger partial charge in [-0.2, -0.15) is 0 Å². The van der Waals surface area contributed by atoms with Gasteiger partial charge in [0.1, 0.15) is 5.75 Å². The van der Waals surface area contributed by atoms with Gasteiger partial charge in [0, 0.05) is 12.0 Å². The van der Waals surface area contributed by atoms with E-state index in [9.17, 15) is 4.79 Å². The van der Waals surface area contributed by atoms with Crippen LogP contribution in [0.2, 0.25) is 0 Å². The Morgan fingerprint density at radius 1 is 0.778 bits per heavy atom. The molecule has 6 heteroatoms. The van der Waals surface area contributed by atoms with Gasteiger partial charge in [-0.25, -0.2) is 9.79 Å². The fraction of sp³-hybridized carbons (Fsp3) is 0.0667. The Morgan fingerprint density at radius 3 is 2.03 bits per heavy atom. The van der Waals surface area contributed by atoms with Crippen molar-refractivity contribution in [3.8, 4) is 16.9 Å². The molecule has 0 radical (unpaired) electrons. The van der Waals surface area contributed by atoms with Crippen molar-refractivity contribution in [2.75, 3.05) is 6.61 Å². The Bertz CT molecular complexity index is 1420. The Kier molecular flexibility index (Phi) is 7.81. The van der Waals surface area contributed by atoms with Crippen LogP contribution in [-0.4, -0.2) is 18.5 Å². The van der Waals surface area contributed by atoms with Crippen molar-refractivity contribution in [1.82, 2.24) is 0 Å². The Hall–Kier alpha value is -2.98. The fourth-order valence-electron chi connectivity index (χ4n) is 3.84. The Balaban J connectivity index is 1.30. The predicted octanol–water partition coefficient (Wildman–Crippen LogP) is 7.53. The molecular weight excluding hydrogens is 676 g/mol. The minimum Gasteiger partial charge on any atom is -0.491 e. The van der Waals surface area contributed by atoms with E-state index < -0.39 is 5.97 Å². The number of carbonyl (C=O) groups is 1. The second kappa shape index (κ2) is 11.4. The zero-order valence-electron chi connectivity index (χ0n) is 19.2. The normalized spacial score (nSPS) is 14.0. The summed E-state index contributed by atoms with van der Waals surface area (Å²) in [5, 5.41) is 0. The first-order valence-electron chi connectivity index (χ1n) is 11.4. The second-order valence-electron chi connectivity index (χ2n) is 8.18. The Labute approximate surface area is 237 Å². The summed E-state index contributed by atoms with van der Waals surface area (Å²) in [5.41, 5.74) is 5.38. The highest BCUT2D eigenvalue weighted by Gasteiger charge is 2.24. The van der Waals surface area contributed by atoms with Gasteiger partial charge in [0.25, 0.3) is 0 Å². The number of aliphatic imine (C=N–C) groups is 1. The monoisotopic (exact) mass is 697 g/mol. The van der Waals surface area contributed by atoms with Crippen LogP contribution in [0.15, 0.2) is 108 Å². The van der Waals surface area contributed by atoms with Crippen LogP contribution < -0.4 is 4.74 Å². The molecule has 4 aromatic rings. The minimum absolute atomic E-state index is 0.279. The number of hydrogen-bond acceptors (Lipinski definition) is 4. The molecule has 0 unspecified atom stereocenters. The lowest BCUT2D eigenvalue weighted by Crippen LogP contribution is -2.05. The van der Waals surface area contributed by atoms with Crippen molar-refractivity contribution in [3.63, 3.8) is 0 Å². The first-order valence-corrected chi connectivity index (χ1v) is 13.6. The molecule has 178 valence electrons. The molecular formula is C30H21I2NO3. The van der Waals surface area contributed by atoms with Crippen LogP contribution in [0.5, 0.6) is 5.75 Å². The molecule has 0 aliphatic carbocycles. The van der Waals surface area contributed by atoms with Crippen molar-refractivity contribution >= 4 is 63.1 Å². The minimum atomic E-state index is -0.453. The van der Waals surface area contributed by atoms with Gasteiger partial charge in [-0.15, -0.1) is 0 Å². The van der Waals surface area contributed by atoms with Crippen LogP contribution in [0.4, 0.5) is 0 Å². The maximum Gasteiger partial charge on any atom is 0.363 e. The molecule has 0 saturated heterocycles. The molecule has 0 N–H and O–H groups in total. The lowest BCUT2D eigenvalue weighted by Gasteiger charge is -2.11. The maximum atomic E-state index is 12.5. The van der Waals surface area contributed by atoms with Crippen LogP contribution in [0.25, 0.3) is 17.2 Å². The summed E-state index contributed by atoms with van der Waals surface area (Å²) in [4.78, 5) is 17.0. The van der Waals surface area contributed by atoms with E-state index >= 15 is 0 Å². The molecule has 1 aliphatic heterocycles. The highest BCUT2D eigenvalue weighted by molar-refractivity contribution is 14.1. The van der Waals surface area contributed by atoms with Crippen molar-refractivity contribution in [3.05, 3.63) is 127 Å². The fourth-order valence-corrected chi connectivity index (χ4v) is 5.97. The number of carbonyl (C=O) groups excluding carboxylic acids is 1. The van der Waals surface area contributed by atoms with E-state index in [1.165, 1.54) is 5.56 Å². The SMILES string of the molecule is O=C1OC(c2ccc(-c3ccccc3)cc2)=N/C1=C\c1cc(I)c(OCCc2ccccc2)c(I)c1. The molecule has 0 amide bonds. The van der Waals surface area contributed by atoms with Gasteiger partial charge in [0.05, 0.1) is 13.7 Å². The third kappa shape index (κ3) is 5.87. The number of cyclic esters (lactones) is 1. The van der Waals surface area contributed by atoms with Gasteiger partial charge in [0.15, 0.2) is 5.70 Å². The molecule has 5 rings (SSSR count). The van der Waals surface area contributed by atoms with E-state index in [2.05, 4.69) is 74.4 Å². The summed E-state index contributed by atoms with van der Waals surface area (Å²) in [6.45, 7) is 0.597. The lowest BCUT2D eigenvalue weighted by atomic mass is 10.0. The van der Waals surface area contributed by atoms with Gasteiger partial charge in [-0.1, -0.05) is 72.8 Å². The van der Waals surface area contributed by atoms with Crippen molar-refractivity contribution in [1.29, 1.82) is 0 Å². The van der Waals surface area contributed by atoms with E-state index in [1.807, 2.05) is 72.8 Å². The summed E-state index contributed by atoms with van der Waals surface area (Å²) >= 11 is 4.54. The molecule has 0 saturated carbocycles. The number of rotatable bonds is 7. The maximum absolute atomic E-state index is 12.5. The van der Waals surface area contributed by atoms with Gasteiger partial charge >= 0.3 is 5.97 Å². The highest BCUT2D eigenvalue weighted by Crippen LogP contribution is 2.31. The zero-order valence-corrected chi connectivity index (χ0v) is 23.5. The van der Waals surface area contributed by atoms with Crippen molar-refractivity contribution in [2.24, 2.45) is 4.99 Å². The van der Waals surface area contributed by atoms with Crippen LogP contribution in [0.1, 0.15) is 16.7 Å². The molecule has 1 heterocycles. The molecule has 4 nitrogen and oxygen atoms in total. The van der Waals surface area contributed by atoms with Crippen LogP contribution in [0.3, 0.4) is 0 Å². The molecule has 36 heavy (non-hydrogen) atoms. The number of ether oxygens (including phenoxy) is 2. The van der Waals surface area contributed by atoms with Gasteiger partial charge in [0.2, 0.25) is 5.90 Å². The van der Waals surface area contributed by atoms with E-state index in [4.69, 9.17) is 9.47 Å². The molecule has 0 spiro atoms. The molecule has 0 atom stereocenters. The van der Waals surface area contributed by atoms with E-state index in [0.29, 0.717) is 12.5 Å². The van der Waals surface area contributed by atoms with E-state index in [1.54, 1.807) is 6.08 Å². The summed E-state index contributed by atoms with van der Waals surface area (Å²) in [6.07, 6.45) is 2.60. The zero-order chi connectivity index (χ0) is 24.9. The van der Waals surface area contributed by atoms with Crippen molar-refractivity contribution < 1.29 is 14.3 Å². The first kappa shape index (κ1) is 24.7. The van der Waals surface area contributed by atoms with Gasteiger partial charge in [-0.3, -0.25) is 0 Å². The number of nitrogens with zero attached hydrogens (tertiary/aromatic N) is 1. The molecule has 0 bridgehead atoms. The summed E-state index contributed by atoms with van der Waals surface area (Å²) in [7, 11) is 0.